The number of alkyl halides is 3. The number of para-hydroxylation sites is 2. The Morgan fingerprint density at radius 1 is 0.882 bits per heavy atom. The van der Waals surface area contributed by atoms with Crippen LogP contribution in [0.2, 0.25) is 0 Å². The number of fused-ring (bicyclic) bond motifs is 5. The van der Waals surface area contributed by atoms with Crippen LogP contribution >= 0.6 is 0 Å². The molecule has 2 aliphatic rings. The molecule has 2 unspecified atom stereocenters. The molecule has 0 saturated heterocycles. The van der Waals surface area contributed by atoms with Crippen molar-refractivity contribution in [1.29, 1.82) is 0 Å². The summed E-state index contributed by atoms with van der Waals surface area (Å²) in [4.78, 5) is 8.76. The van der Waals surface area contributed by atoms with Crippen molar-refractivity contribution < 1.29 is 13.2 Å². The van der Waals surface area contributed by atoms with Crippen LogP contribution in [0.15, 0.2) is 60.8 Å². The highest BCUT2D eigenvalue weighted by molar-refractivity contribution is 5.89. The van der Waals surface area contributed by atoms with Crippen LogP contribution in [0.4, 0.5) is 36.1 Å². The molecular weight excluding hydrogens is 435 g/mol. The molecule has 1 aromatic heterocycles. The summed E-state index contributed by atoms with van der Waals surface area (Å²) in [6, 6.07) is 17.6. The number of hydrogen-bond acceptors (Lipinski definition) is 3. The molecule has 3 nitrogen and oxygen atoms in total. The number of nitrogens with zero attached hydrogens (tertiary/aromatic N) is 3. The van der Waals surface area contributed by atoms with Gasteiger partial charge in [0, 0.05) is 28.9 Å². The Morgan fingerprint density at radius 3 is 2.15 bits per heavy atom. The summed E-state index contributed by atoms with van der Waals surface area (Å²) in [6.45, 7) is 8.69. The predicted octanol–water partition coefficient (Wildman–Crippen LogP) is 8.12. The average molecular weight is 466 g/mol. The van der Waals surface area contributed by atoms with Crippen LogP contribution in [0.1, 0.15) is 56.7 Å². The second-order valence-electron chi connectivity index (χ2n) is 9.40. The summed E-state index contributed by atoms with van der Waals surface area (Å²) in [5.41, 5.74) is 3.99. The Balaban J connectivity index is 1.85. The number of aryl methyl sites for hydroxylation is 1. The zero-order chi connectivity index (χ0) is 24.3. The second-order valence-corrected chi connectivity index (χ2v) is 9.40. The first-order valence-corrected chi connectivity index (χ1v) is 12.1. The van der Waals surface area contributed by atoms with E-state index in [2.05, 4.69) is 53.8 Å². The zero-order valence-electron chi connectivity index (χ0n) is 20.0. The van der Waals surface area contributed by atoms with Crippen LogP contribution < -0.4 is 9.80 Å². The summed E-state index contributed by atoms with van der Waals surface area (Å²) in [7, 11) is 0. The van der Waals surface area contributed by atoms with Crippen molar-refractivity contribution in [3.63, 3.8) is 0 Å². The fourth-order valence-electron chi connectivity index (χ4n) is 6.42. The maximum absolute atomic E-state index is 13.8. The number of aromatic nitrogens is 1. The van der Waals surface area contributed by atoms with Gasteiger partial charge in [-0.05, 0) is 55.5 Å². The highest BCUT2D eigenvalue weighted by Crippen LogP contribution is 2.60. The van der Waals surface area contributed by atoms with Crippen molar-refractivity contribution in [3.8, 4) is 0 Å². The van der Waals surface area contributed by atoms with Crippen molar-refractivity contribution in [2.45, 2.75) is 64.7 Å². The minimum Gasteiger partial charge on any atom is -0.316 e. The molecular formula is C28H30F3N3. The van der Waals surface area contributed by atoms with Crippen LogP contribution in [-0.4, -0.2) is 11.1 Å². The van der Waals surface area contributed by atoms with Gasteiger partial charge in [0.05, 0.1) is 11.3 Å². The van der Waals surface area contributed by atoms with Crippen LogP contribution in [-0.2, 0) is 11.6 Å². The topological polar surface area (TPSA) is 19.4 Å². The first kappa shape index (κ1) is 22.8. The average Bonchev–Trinajstić information content (AvgIpc) is 3.17. The number of halogens is 3. The molecule has 2 aromatic carbocycles. The van der Waals surface area contributed by atoms with Crippen LogP contribution in [0.5, 0.6) is 0 Å². The lowest BCUT2D eigenvalue weighted by atomic mass is 9.61. The SMILES string of the molecule is CCC1C2N(c3ccccc3C)c3cc(C(F)(F)F)cnc3N2c2ccccc2C1(CC)CC. The fraction of sp³-hybridized carbons (Fsp3) is 0.393. The van der Waals surface area contributed by atoms with Crippen molar-refractivity contribution >= 4 is 22.9 Å². The van der Waals surface area contributed by atoms with Crippen molar-refractivity contribution in [2.24, 2.45) is 5.92 Å². The molecule has 3 heterocycles. The summed E-state index contributed by atoms with van der Waals surface area (Å²) < 4.78 is 41.3. The fourth-order valence-corrected chi connectivity index (χ4v) is 6.42. The van der Waals surface area contributed by atoms with Gasteiger partial charge in [0.15, 0.2) is 5.82 Å². The molecule has 2 atom stereocenters. The van der Waals surface area contributed by atoms with E-state index in [1.165, 1.54) is 11.6 Å². The van der Waals surface area contributed by atoms with Crippen molar-refractivity contribution in [1.82, 2.24) is 4.98 Å². The first-order valence-electron chi connectivity index (χ1n) is 12.1. The third-order valence-corrected chi connectivity index (χ3v) is 8.04. The van der Waals surface area contributed by atoms with E-state index in [0.29, 0.717) is 11.5 Å². The number of pyridine rings is 1. The maximum Gasteiger partial charge on any atom is 0.417 e. The Labute approximate surface area is 199 Å². The largest absolute Gasteiger partial charge is 0.417 e. The van der Waals surface area contributed by atoms with Gasteiger partial charge < -0.3 is 9.80 Å². The first-order chi connectivity index (χ1) is 16.3. The van der Waals surface area contributed by atoms with E-state index < -0.39 is 11.7 Å². The normalized spacial score (nSPS) is 20.7. The molecule has 0 radical (unpaired) electrons. The quantitative estimate of drug-likeness (QED) is 0.388. The zero-order valence-corrected chi connectivity index (χ0v) is 20.0. The number of hydrogen-bond donors (Lipinski definition) is 0. The van der Waals surface area contributed by atoms with E-state index in [9.17, 15) is 13.2 Å². The molecule has 3 aromatic rings. The van der Waals surface area contributed by atoms with Crippen LogP contribution in [0, 0.1) is 12.8 Å². The van der Waals surface area contributed by atoms with Gasteiger partial charge in [-0.3, -0.25) is 0 Å². The monoisotopic (exact) mass is 465 g/mol. The lowest BCUT2D eigenvalue weighted by Gasteiger charge is -2.53. The highest BCUT2D eigenvalue weighted by atomic mass is 19.4. The van der Waals surface area contributed by atoms with Crippen LogP contribution in [0.25, 0.3) is 0 Å². The van der Waals surface area contributed by atoms with Gasteiger partial charge in [0.2, 0.25) is 0 Å². The third kappa shape index (κ3) is 3.07. The Hall–Kier alpha value is -3.02. The number of rotatable bonds is 4. The Morgan fingerprint density at radius 2 is 1.53 bits per heavy atom. The Kier molecular flexibility index (Phi) is 5.38. The third-order valence-electron chi connectivity index (χ3n) is 8.04. The van der Waals surface area contributed by atoms with E-state index >= 15 is 0 Å². The molecule has 0 saturated carbocycles. The van der Waals surface area contributed by atoms with E-state index in [4.69, 9.17) is 0 Å². The molecule has 0 amide bonds. The molecule has 0 spiro atoms. The summed E-state index contributed by atoms with van der Waals surface area (Å²) in [5, 5.41) is 0. The highest BCUT2D eigenvalue weighted by Gasteiger charge is 2.55. The van der Waals surface area contributed by atoms with Gasteiger partial charge in [0.1, 0.15) is 6.17 Å². The van der Waals surface area contributed by atoms with Crippen molar-refractivity contribution in [3.05, 3.63) is 77.5 Å². The van der Waals surface area contributed by atoms with E-state index in [0.717, 1.165) is 42.4 Å². The summed E-state index contributed by atoms with van der Waals surface area (Å²) >= 11 is 0. The molecule has 0 aliphatic carbocycles. The lowest BCUT2D eigenvalue weighted by Crippen LogP contribution is -2.56. The van der Waals surface area contributed by atoms with Gasteiger partial charge in [-0.1, -0.05) is 57.2 Å². The van der Waals surface area contributed by atoms with Gasteiger partial charge >= 0.3 is 6.18 Å². The Bertz CT molecular complexity index is 1220. The molecule has 34 heavy (non-hydrogen) atoms. The molecule has 5 rings (SSSR count). The predicted molar refractivity (Wildman–Crippen MR) is 131 cm³/mol. The molecule has 0 N–H and O–H groups in total. The van der Waals surface area contributed by atoms with Gasteiger partial charge in [0.25, 0.3) is 0 Å². The second kappa shape index (κ2) is 8.03. The summed E-state index contributed by atoms with van der Waals surface area (Å²) in [5.74, 6) is 0.786. The molecule has 0 fully saturated rings. The number of benzene rings is 2. The van der Waals surface area contributed by atoms with Gasteiger partial charge in [-0.15, -0.1) is 0 Å². The minimum atomic E-state index is -4.46. The van der Waals surface area contributed by atoms with Gasteiger partial charge in [-0.2, -0.15) is 13.2 Å². The van der Waals surface area contributed by atoms with Crippen LogP contribution in [0.3, 0.4) is 0 Å². The summed E-state index contributed by atoms with van der Waals surface area (Å²) in [6.07, 6.45) is -0.819. The number of anilines is 4. The van der Waals surface area contributed by atoms with E-state index in [1.807, 2.05) is 37.3 Å². The standard InChI is InChI=1S/C28H30F3N3/c1-5-20-26-33(22-14-10-8-12-18(22)4)24-16-19(28(29,30)31)17-32-25(24)34(26)23-15-11-9-13-21(23)27(20,6-2)7-3/h8-17,20,26H,5-7H2,1-4H3. The molecule has 6 heteroatoms. The van der Waals surface area contributed by atoms with Crippen molar-refractivity contribution in [2.75, 3.05) is 9.80 Å². The smallest absolute Gasteiger partial charge is 0.316 e. The van der Waals surface area contributed by atoms with E-state index in [-0.39, 0.29) is 17.5 Å². The van der Waals surface area contributed by atoms with E-state index in [1.54, 1.807) is 0 Å². The molecule has 0 bridgehead atoms. The lowest BCUT2D eigenvalue weighted by molar-refractivity contribution is -0.137. The molecule has 2 aliphatic heterocycles. The molecule has 178 valence electrons. The minimum absolute atomic E-state index is 0.0810. The van der Waals surface area contributed by atoms with Gasteiger partial charge in [-0.25, -0.2) is 4.98 Å². The maximum atomic E-state index is 13.8.